The van der Waals surface area contributed by atoms with Gasteiger partial charge in [-0.2, -0.15) is 0 Å². The highest BCUT2D eigenvalue weighted by Crippen LogP contribution is 2.30. The van der Waals surface area contributed by atoms with Gasteiger partial charge in [-0.1, -0.05) is 6.07 Å². The lowest BCUT2D eigenvalue weighted by Gasteiger charge is -2.19. The van der Waals surface area contributed by atoms with Crippen LogP contribution in [0.1, 0.15) is 35.7 Å². The Hall–Kier alpha value is -3.62. The quantitative estimate of drug-likeness (QED) is 0.640. The van der Waals surface area contributed by atoms with Crippen LogP contribution in [0.5, 0.6) is 0 Å². The molecule has 1 aliphatic heterocycles. The summed E-state index contributed by atoms with van der Waals surface area (Å²) in [6.07, 6.45) is 0. The zero-order valence-corrected chi connectivity index (χ0v) is 16.4. The van der Waals surface area contributed by atoms with Crippen LogP contribution in [-0.4, -0.2) is 41.7 Å². The van der Waals surface area contributed by atoms with Gasteiger partial charge in [-0.05, 0) is 51.1 Å². The van der Waals surface area contributed by atoms with Gasteiger partial charge in [0.05, 0.1) is 0 Å². The van der Waals surface area contributed by atoms with Crippen LogP contribution in [-0.2, 0) is 15.1 Å². The molecule has 1 fully saturated rings. The van der Waals surface area contributed by atoms with Crippen LogP contribution in [0.2, 0.25) is 0 Å². The molecule has 2 heterocycles. The van der Waals surface area contributed by atoms with Crippen LogP contribution >= 0.6 is 0 Å². The maximum atomic E-state index is 12.8. The molecule has 5 amide bonds. The average Bonchev–Trinajstić information content (AvgIpc) is 3.20. The number of furan rings is 1. The summed E-state index contributed by atoms with van der Waals surface area (Å²) in [5.41, 5.74) is -0.598. The fourth-order valence-corrected chi connectivity index (χ4v) is 3.06. The number of hydrogen-bond acceptors (Lipinski definition) is 5. The summed E-state index contributed by atoms with van der Waals surface area (Å²) in [6.45, 7) is 5.08. The smallest absolute Gasteiger partial charge is 0.325 e. The van der Waals surface area contributed by atoms with Crippen molar-refractivity contribution in [3.8, 4) is 0 Å². The van der Waals surface area contributed by atoms with E-state index >= 15 is 0 Å². The first-order valence-corrected chi connectivity index (χ1v) is 9.13. The minimum absolute atomic E-state index is 0.262. The number of nitrogens with one attached hydrogen (secondary N) is 3. The number of carbonyl (C=O) groups excluding carboxylic acids is 4. The van der Waals surface area contributed by atoms with Gasteiger partial charge >= 0.3 is 6.03 Å². The van der Waals surface area contributed by atoms with Crippen molar-refractivity contribution in [3.63, 3.8) is 0 Å². The van der Waals surface area contributed by atoms with E-state index < -0.39 is 29.9 Å². The first-order chi connectivity index (χ1) is 13.7. The summed E-state index contributed by atoms with van der Waals surface area (Å²) >= 11 is 0. The van der Waals surface area contributed by atoms with Gasteiger partial charge in [0.25, 0.3) is 11.8 Å². The molecule has 9 nitrogen and oxygen atoms in total. The molecule has 1 saturated heterocycles. The van der Waals surface area contributed by atoms with E-state index in [9.17, 15) is 19.2 Å². The van der Waals surface area contributed by atoms with Crippen molar-refractivity contribution in [1.82, 2.24) is 15.5 Å². The number of nitrogens with zero attached hydrogens (tertiary/aromatic N) is 1. The number of rotatable bonds is 6. The lowest BCUT2D eigenvalue weighted by atomic mass is 9.99. The van der Waals surface area contributed by atoms with Crippen molar-refractivity contribution in [2.24, 2.45) is 0 Å². The lowest BCUT2D eigenvalue weighted by molar-refractivity contribution is -0.134. The molecule has 3 N–H and O–H groups in total. The van der Waals surface area contributed by atoms with Crippen LogP contribution < -0.4 is 16.0 Å². The maximum absolute atomic E-state index is 12.8. The van der Waals surface area contributed by atoms with Crippen molar-refractivity contribution in [2.45, 2.75) is 26.3 Å². The minimum atomic E-state index is -1.37. The molecule has 1 aromatic heterocycles. The van der Waals surface area contributed by atoms with Crippen molar-refractivity contribution >= 4 is 29.4 Å². The minimum Gasteiger partial charge on any atom is -0.463 e. The fourth-order valence-electron chi connectivity index (χ4n) is 3.06. The maximum Gasteiger partial charge on any atom is 0.325 e. The molecule has 0 saturated carbocycles. The number of amides is 5. The van der Waals surface area contributed by atoms with E-state index in [0.717, 1.165) is 4.90 Å². The first kappa shape index (κ1) is 20.1. The molecular formula is C20H22N4O5. The molecular weight excluding hydrogens is 376 g/mol. The molecule has 2 aromatic rings. The van der Waals surface area contributed by atoms with E-state index in [0.29, 0.717) is 29.3 Å². The molecule has 1 unspecified atom stereocenters. The molecule has 9 heteroatoms. The summed E-state index contributed by atoms with van der Waals surface area (Å²) in [5.74, 6) is -0.510. The zero-order chi connectivity index (χ0) is 21.2. The fraction of sp³-hybridized carbons (Fsp3) is 0.300. The number of urea groups is 1. The average molecular weight is 398 g/mol. The van der Waals surface area contributed by atoms with Gasteiger partial charge in [-0.15, -0.1) is 0 Å². The number of aryl methyl sites for hydroxylation is 1. The summed E-state index contributed by atoms with van der Waals surface area (Å²) in [7, 11) is 0. The van der Waals surface area contributed by atoms with Crippen LogP contribution in [0.15, 0.2) is 40.8 Å². The Balaban J connectivity index is 1.70. The second-order valence-corrected chi connectivity index (χ2v) is 6.85. The van der Waals surface area contributed by atoms with Crippen LogP contribution in [0.3, 0.4) is 0 Å². The van der Waals surface area contributed by atoms with Crippen molar-refractivity contribution < 1.29 is 23.6 Å². The van der Waals surface area contributed by atoms with E-state index in [1.54, 1.807) is 44.2 Å². The SMILES string of the molecule is CCNC(=O)c1cccc(NC(=O)CN2C(=O)NC(C)(c3ccc(C)o3)C2=O)c1. The summed E-state index contributed by atoms with van der Waals surface area (Å²) in [5, 5.41) is 7.85. The van der Waals surface area contributed by atoms with E-state index in [-0.39, 0.29) is 5.91 Å². The predicted octanol–water partition coefficient (Wildman–Crippen LogP) is 1.74. The molecule has 0 bridgehead atoms. The van der Waals surface area contributed by atoms with Crippen molar-refractivity contribution in [1.29, 1.82) is 0 Å². The Morgan fingerprint density at radius 1 is 1.21 bits per heavy atom. The lowest BCUT2D eigenvalue weighted by Crippen LogP contribution is -2.41. The van der Waals surface area contributed by atoms with Crippen molar-refractivity contribution in [2.75, 3.05) is 18.4 Å². The Morgan fingerprint density at radius 3 is 2.62 bits per heavy atom. The molecule has 29 heavy (non-hydrogen) atoms. The van der Waals surface area contributed by atoms with Crippen molar-refractivity contribution in [3.05, 3.63) is 53.5 Å². The number of carbonyl (C=O) groups is 4. The molecule has 152 valence electrons. The van der Waals surface area contributed by atoms with Gasteiger partial charge in [0.1, 0.15) is 18.1 Å². The summed E-state index contributed by atoms with van der Waals surface area (Å²) < 4.78 is 5.49. The summed E-state index contributed by atoms with van der Waals surface area (Å²) in [6, 6.07) is 9.00. The molecule has 0 spiro atoms. The summed E-state index contributed by atoms with van der Waals surface area (Å²) in [4.78, 5) is 50.3. The predicted molar refractivity (Wildman–Crippen MR) is 104 cm³/mol. The van der Waals surface area contributed by atoms with Gasteiger partial charge in [0.15, 0.2) is 5.54 Å². The highest BCUT2D eigenvalue weighted by molar-refractivity contribution is 6.10. The zero-order valence-electron chi connectivity index (χ0n) is 16.4. The normalized spacial score (nSPS) is 18.5. The molecule has 0 radical (unpaired) electrons. The van der Waals surface area contributed by atoms with E-state index in [1.807, 2.05) is 0 Å². The van der Waals surface area contributed by atoms with E-state index in [4.69, 9.17) is 4.42 Å². The first-order valence-electron chi connectivity index (χ1n) is 9.13. The standard InChI is InChI=1S/C20H22N4O5/c1-4-21-17(26)13-6-5-7-14(10-13)22-16(25)11-24-18(27)20(3,23-19(24)28)15-9-8-12(2)29-15/h5-10H,4,11H2,1-3H3,(H,21,26)(H,22,25)(H,23,28). The topological polar surface area (TPSA) is 121 Å². The third-order valence-corrected chi connectivity index (χ3v) is 4.56. The van der Waals surface area contributed by atoms with Gasteiger partial charge in [0, 0.05) is 17.8 Å². The molecule has 3 rings (SSSR count). The van der Waals surface area contributed by atoms with Gasteiger partial charge in [-0.3, -0.25) is 19.3 Å². The monoisotopic (exact) mass is 398 g/mol. The number of anilines is 1. The molecule has 0 aliphatic carbocycles. The second-order valence-electron chi connectivity index (χ2n) is 6.85. The Morgan fingerprint density at radius 2 is 1.97 bits per heavy atom. The number of imide groups is 1. The highest BCUT2D eigenvalue weighted by Gasteiger charge is 2.51. The highest BCUT2D eigenvalue weighted by atomic mass is 16.3. The van der Waals surface area contributed by atoms with Crippen LogP contribution in [0, 0.1) is 6.92 Å². The van der Waals surface area contributed by atoms with E-state index in [2.05, 4.69) is 16.0 Å². The number of benzene rings is 1. The largest absolute Gasteiger partial charge is 0.463 e. The van der Waals surface area contributed by atoms with Crippen LogP contribution in [0.25, 0.3) is 0 Å². The van der Waals surface area contributed by atoms with Gasteiger partial charge in [0.2, 0.25) is 5.91 Å². The molecule has 1 aromatic carbocycles. The third kappa shape index (κ3) is 3.98. The van der Waals surface area contributed by atoms with E-state index in [1.165, 1.54) is 13.0 Å². The number of hydrogen-bond donors (Lipinski definition) is 3. The van der Waals surface area contributed by atoms with Gasteiger partial charge < -0.3 is 20.4 Å². The Kier molecular flexibility index (Phi) is 5.40. The second kappa shape index (κ2) is 7.78. The van der Waals surface area contributed by atoms with Gasteiger partial charge in [-0.25, -0.2) is 4.79 Å². The van der Waals surface area contributed by atoms with Crippen LogP contribution in [0.4, 0.5) is 10.5 Å². The molecule has 1 atom stereocenters. The molecule has 1 aliphatic rings. The third-order valence-electron chi connectivity index (χ3n) is 4.56. The Bertz CT molecular complexity index is 983. The Labute approximate surface area is 167 Å².